The van der Waals surface area contributed by atoms with Crippen molar-refractivity contribution in [1.29, 1.82) is 0 Å². The van der Waals surface area contributed by atoms with Crippen LogP contribution in [0.1, 0.15) is 43.3 Å². The molecule has 0 spiro atoms. The van der Waals surface area contributed by atoms with Gasteiger partial charge in [-0.15, -0.1) is 0 Å². The van der Waals surface area contributed by atoms with Crippen molar-refractivity contribution in [3.63, 3.8) is 0 Å². The zero-order chi connectivity index (χ0) is 17.5. The van der Waals surface area contributed by atoms with Gasteiger partial charge in [-0.1, -0.05) is 12.1 Å². The molecule has 0 bridgehead atoms. The van der Waals surface area contributed by atoms with Gasteiger partial charge in [0.1, 0.15) is 11.5 Å². The molecule has 128 valence electrons. The van der Waals surface area contributed by atoms with Crippen LogP contribution in [0.25, 0.3) is 0 Å². The van der Waals surface area contributed by atoms with E-state index in [1.807, 2.05) is 19.1 Å². The Balaban J connectivity index is 1.83. The lowest BCUT2D eigenvalue weighted by molar-refractivity contribution is -0.127. The van der Waals surface area contributed by atoms with Gasteiger partial charge in [-0.3, -0.25) is 9.59 Å². The van der Waals surface area contributed by atoms with E-state index in [4.69, 9.17) is 9.15 Å². The third-order valence-electron chi connectivity index (χ3n) is 3.72. The maximum Gasteiger partial charge on any atom is 0.260 e. The smallest absolute Gasteiger partial charge is 0.260 e. The van der Waals surface area contributed by atoms with E-state index in [1.165, 1.54) is 6.92 Å². The van der Waals surface area contributed by atoms with E-state index in [0.29, 0.717) is 11.3 Å². The Hall–Kier alpha value is -2.56. The summed E-state index contributed by atoms with van der Waals surface area (Å²) in [4.78, 5) is 23.6. The third-order valence-corrected chi connectivity index (χ3v) is 3.72. The first-order chi connectivity index (χ1) is 11.5. The highest BCUT2D eigenvalue weighted by molar-refractivity contribution is 5.94. The second kappa shape index (κ2) is 8.34. The van der Waals surface area contributed by atoms with Crippen molar-refractivity contribution in [1.82, 2.24) is 5.32 Å². The minimum absolute atomic E-state index is 0.0113. The molecular weight excluding hydrogens is 306 g/mol. The molecule has 24 heavy (non-hydrogen) atoms. The number of carbonyl (C=O) groups excluding carboxylic acids is 2. The topological polar surface area (TPSA) is 68.5 Å². The molecule has 2 rings (SSSR count). The molecule has 0 fully saturated rings. The van der Waals surface area contributed by atoms with Crippen LogP contribution in [0.5, 0.6) is 5.75 Å². The number of hydrogen-bond donors (Lipinski definition) is 1. The van der Waals surface area contributed by atoms with Gasteiger partial charge in [0, 0.05) is 18.0 Å². The van der Waals surface area contributed by atoms with E-state index < -0.39 is 6.10 Å². The van der Waals surface area contributed by atoms with E-state index >= 15 is 0 Å². The molecule has 1 amide bonds. The fourth-order valence-corrected chi connectivity index (χ4v) is 2.29. The molecule has 0 radical (unpaired) electrons. The van der Waals surface area contributed by atoms with E-state index in [9.17, 15) is 9.59 Å². The van der Waals surface area contributed by atoms with Gasteiger partial charge in [-0.2, -0.15) is 0 Å². The summed E-state index contributed by atoms with van der Waals surface area (Å²) in [6, 6.07) is 10.6. The Kier molecular flexibility index (Phi) is 6.18. The Morgan fingerprint density at radius 2 is 2.00 bits per heavy atom. The van der Waals surface area contributed by atoms with Crippen LogP contribution in [0.15, 0.2) is 47.1 Å². The summed E-state index contributed by atoms with van der Waals surface area (Å²) in [5.41, 5.74) is 0.562. The number of ketones is 1. The van der Waals surface area contributed by atoms with Gasteiger partial charge in [0.25, 0.3) is 5.91 Å². The number of aryl methyl sites for hydroxylation is 1. The van der Waals surface area contributed by atoms with E-state index in [0.717, 1.165) is 18.6 Å². The molecule has 5 nitrogen and oxygen atoms in total. The summed E-state index contributed by atoms with van der Waals surface area (Å²) in [5, 5.41) is 2.93. The quantitative estimate of drug-likeness (QED) is 0.754. The van der Waals surface area contributed by atoms with Crippen molar-refractivity contribution in [2.24, 2.45) is 0 Å². The van der Waals surface area contributed by atoms with Crippen molar-refractivity contribution in [2.75, 3.05) is 0 Å². The second-order valence-corrected chi connectivity index (χ2v) is 5.87. The van der Waals surface area contributed by atoms with Gasteiger partial charge in [-0.05, 0) is 51.5 Å². The summed E-state index contributed by atoms with van der Waals surface area (Å²) in [6.45, 7) is 5.13. The molecule has 0 unspecified atom stereocenters. The molecule has 2 atom stereocenters. The Morgan fingerprint density at radius 1 is 1.21 bits per heavy atom. The van der Waals surface area contributed by atoms with E-state index in [1.54, 1.807) is 37.5 Å². The summed E-state index contributed by atoms with van der Waals surface area (Å²) in [5.74, 6) is 1.19. The van der Waals surface area contributed by atoms with Gasteiger partial charge in [0.05, 0.1) is 6.26 Å². The van der Waals surface area contributed by atoms with Gasteiger partial charge < -0.3 is 14.5 Å². The highest BCUT2D eigenvalue weighted by atomic mass is 16.5. The molecule has 0 saturated carbocycles. The first kappa shape index (κ1) is 17.8. The lowest BCUT2D eigenvalue weighted by Crippen LogP contribution is -2.41. The minimum Gasteiger partial charge on any atom is -0.481 e. The lowest BCUT2D eigenvalue weighted by Gasteiger charge is -2.18. The monoisotopic (exact) mass is 329 g/mol. The molecule has 1 heterocycles. The van der Waals surface area contributed by atoms with Crippen LogP contribution in [0.4, 0.5) is 0 Å². The number of amides is 1. The Morgan fingerprint density at radius 3 is 2.67 bits per heavy atom. The maximum atomic E-state index is 12.2. The van der Waals surface area contributed by atoms with Crippen LogP contribution in [0.3, 0.4) is 0 Å². The zero-order valence-corrected chi connectivity index (χ0v) is 14.2. The number of benzene rings is 1. The van der Waals surface area contributed by atoms with Gasteiger partial charge in [-0.25, -0.2) is 0 Å². The summed E-state index contributed by atoms with van der Waals surface area (Å²) >= 11 is 0. The minimum atomic E-state index is -0.640. The Bertz CT molecular complexity index is 678. The Labute approximate surface area is 142 Å². The molecule has 2 aromatic rings. The fraction of sp³-hybridized carbons (Fsp3) is 0.368. The number of furan rings is 1. The van der Waals surface area contributed by atoms with Gasteiger partial charge in [0.2, 0.25) is 0 Å². The summed E-state index contributed by atoms with van der Waals surface area (Å²) in [6.07, 6.45) is 2.55. The summed E-state index contributed by atoms with van der Waals surface area (Å²) in [7, 11) is 0. The maximum absolute atomic E-state index is 12.2. The summed E-state index contributed by atoms with van der Waals surface area (Å²) < 4.78 is 10.9. The lowest BCUT2D eigenvalue weighted by atomic mass is 10.1. The molecular formula is C19H23NO4. The third kappa shape index (κ3) is 5.26. The van der Waals surface area contributed by atoms with Crippen molar-refractivity contribution in [3.05, 3.63) is 54.0 Å². The average molecular weight is 329 g/mol. The molecule has 0 aliphatic heterocycles. The largest absolute Gasteiger partial charge is 0.481 e. The predicted octanol–water partition coefficient (Wildman–Crippen LogP) is 3.39. The van der Waals surface area contributed by atoms with Crippen LogP contribution in [-0.2, 0) is 11.2 Å². The molecule has 5 heteroatoms. The van der Waals surface area contributed by atoms with Crippen LogP contribution in [0, 0.1) is 0 Å². The zero-order valence-electron chi connectivity index (χ0n) is 14.2. The number of carbonyl (C=O) groups is 2. The highest BCUT2D eigenvalue weighted by Crippen LogP contribution is 2.15. The number of nitrogens with one attached hydrogen (secondary N) is 1. The number of Topliss-reactive ketones (excluding diaryl/α,β-unsaturated/α-hetero) is 1. The number of ether oxygens (including phenoxy) is 1. The van der Waals surface area contributed by atoms with Crippen LogP contribution >= 0.6 is 0 Å². The number of hydrogen-bond acceptors (Lipinski definition) is 4. The van der Waals surface area contributed by atoms with Gasteiger partial charge in [0.15, 0.2) is 11.9 Å². The molecule has 0 aliphatic rings. The second-order valence-electron chi connectivity index (χ2n) is 5.87. The van der Waals surface area contributed by atoms with Crippen molar-refractivity contribution < 1.29 is 18.7 Å². The molecule has 1 N–H and O–H groups in total. The van der Waals surface area contributed by atoms with Crippen LogP contribution in [0.2, 0.25) is 0 Å². The van der Waals surface area contributed by atoms with Crippen molar-refractivity contribution in [2.45, 2.75) is 45.8 Å². The van der Waals surface area contributed by atoms with E-state index in [2.05, 4.69) is 5.32 Å². The molecule has 0 aliphatic carbocycles. The molecule has 1 aromatic carbocycles. The molecule has 0 saturated heterocycles. The predicted molar refractivity (Wildman–Crippen MR) is 91.2 cm³/mol. The fourth-order valence-electron chi connectivity index (χ4n) is 2.29. The highest BCUT2D eigenvalue weighted by Gasteiger charge is 2.17. The number of rotatable bonds is 8. The first-order valence-corrected chi connectivity index (χ1v) is 8.06. The van der Waals surface area contributed by atoms with Crippen molar-refractivity contribution in [3.8, 4) is 5.75 Å². The first-order valence-electron chi connectivity index (χ1n) is 8.06. The van der Waals surface area contributed by atoms with Crippen molar-refractivity contribution >= 4 is 11.7 Å². The van der Waals surface area contributed by atoms with Crippen LogP contribution < -0.4 is 10.1 Å². The normalized spacial score (nSPS) is 13.1. The van der Waals surface area contributed by atoms with Crippen LogP contribution in [-0.4, -0.2) is 23.8 Å². The van der Waals surface area contributed by atoms with Gasteiger partial charge >= 0.3 is 0 Å². The SMILES string of the molecule is CC(=O)c1cccc(O[C@@H](C)C(=O)N[C@@H](C)CCc2ccco2)c1. The molecule has 1 aromatic heterocycles. The standard InChI is InChI=1S/C19H23NO4/c1-13(9-10-17-8-5-11-23-17)20-19(22)15(3)24-18-7-4-6-16(12-18)14(2)21/h4-8,11-13,15H,9-10H2,1-3H3,(H,20,22)/t13-,15-/m0/s1. The van der Waals surface area contributed by atoms with E-state index in [-0.39, 0.29) is 17.7 Å². The average Bonchev–Trinajstić information content (AvgIpc) is 3.06.